The summed E-state index contributed by atoms with van der Waals surface area (Å²) in [4.78, 5) is 0. The van der Waals surface area contributed by atoms with Gasteiger partial charge in [-0.2, -0.15) is 5.26 Å². The van der Waals surface area contributed by atoms with Crippen molar-refractivity contribution < 1.29 is 4.74 Å². The number of nitrogens with zero attached hydrogens (tertiary/aromatic N) is 1. The van der Waals surface area contributed by atoms with Crippen LogP contribution in [0.5, 0.6) is 0 Å². The Morgan fingerprint density at radius 1 is 1.00 bits per heavy atom. The highest BCUT2D eigenvalue weighted by Gasteiger charge is 2.30. The lowest BCUT2D eigenvalue weighted by Crippen LogP contribution is -2.26. The largest absolute Gasteiger partial charge is 0.501 e. The monoisotopic (exact) mass is 275 g/mol. The molecule has 0 amide bonds. The maximum atomic E-state index is 8.97. The first-order chi connectivity index (χ1) is 9.83. The van der Waals surface area contributed by atoms with Gasteiger partial charge in [-0.25, -0.2) is 0 Å². The third kappa shape index (κ3) is 4.54. The van der Waals surface area contributed by atoms with Gasteiger partial charge in [0, 0.05) is 5.92 Å². The zero-order valence-corrected chi connectivity index (χ0v) is 12.9. The van der Waals surface area contributed by atoms with E-state index in [-0.39, 0.29) is 0 Å². The lowest BCUT2D eigenvalue weighted by atomic mass is 9.69. The summed E-state index contributed by atoms with van der Waals surface area (Å²) >= 11 is 0. The smallest absolute Gasteiger partial charge is 0.0901 e. The predicted molar refractivity (Wildman–Crippen MR) is 81.9 cm³/mol. The van der Waals surface area contributed by atoms with Crippen molar-refractivity contribution in [3.8, 4) is 6.07 Å². The summed E-state index contributed by atoms with van der Waals surface area (Å²) in [5.74, 6) is 2.95. The van der Waals surface area contributed by atoms with Crippen LogP contribution in [-0.2, 0) is 4.74 Å². The molecule has 0 aliphatic heterocycles. The highest BCUT2D eigenvalue weighted by molar-refractivity contribution is 4.89. The first-order valence-corrected chi connectivity index (χ1v) is 8.49. The topological polar surface area (TPSA) is 33.0 Å². The van der Waals surface area contributed by atoms with Crippen LogP contribution in [0, 0.1) is 35.0 Å². The lowest BCUT2D eigenvalue weighted by molar-refractivity contribution is 0.113. The summed E-state index contributed by atoms with van der Waals surface area (Å²) < 4.78 is 5.61. The zero-order valence-electron chi connectivity index (χ0n) is 12.9. The maximum absolute atomic E-state index is 8.97. The molecule has 2 saturated carbocycles. The van der Waals surface area contributed by atoms with Gasteiger partial charge >= 0.3 is 0 Å². The molecule has 20 heavy (non-hydrogen) atoms. The quantitative estimate of drug-likeness (QED) is 0.657. The number of hydrogen-bond acceptors (Lipinski definition) is 2. The third-order valence-corrected chi connectivity index (χ3v) is 5.27. The molecule has 0 heterocycles. The van der Waals surface area contributed by atoms with Gasteiger partial charge < -0.3 is 4.74 Å². The molecular weight excluding hydrogens is 246 g/mol. The first-order valence-electron chi connectivity index (χ1n) is 8.49. The predicted octanol–water partition coefficient (Wildman–Crippen LogP) is 5.06. The van der Waals surface area contributed by atoms with Crippen LogP contribution in [0.15, 0.2) is 12.3 Å². The van der Waals surface area contributed by atoms with E-state index in [1.807, 2.05) is 6.26 Å². The molecular formula is C18H29NO. The van der Waals surface area contributed by atoms with Crippen LogP contribution in [0.2, 0.25) is 0 Å². The van der Waals surface area contributed by atoms with Gasteiger partial charge in [0.15, 0.2) is 0 Å². The van der Waals surface area contributed by atoms with Crippen LogP contribution in [0.1, 0.15) is 64.7 Å². The number of rotatable bonds is 5. The summed E-state index contributed by atoms with van der Waals surface area (Å²) in [5, 5.41) is 8.97. The number of allylic oxidation sites excluding steroid dienone is 1. The molecule has 2 rings (SSSR count). The van der Waals surface area contributed by atoms with E-state index >= 15 is 0 Å². The summed E-state index contributed by atoms with van der Waals surface area (Å²) in [6, 6.07) is 2.44. The maximum Gasteiger partial charge on any atom is 0.0901 e. The van der Waals surface area contributed by atoms with Crippen LogP contribution in [0.3, 0.4) is 0 Å². The van der Waals surface area contributed by atoms with Crippen molar-refractivity contribution in [2.45, 2.75) is 64.7 Å². The first kappa shape index (κ1) is 15.4. The fraction of sp³-hybridized carbons (Fsp3) is 0.833. The van der Waals surface area contributed by atoms with Crippen LogP contribution < -0.4 is 0 Å². The van der Waals surface area contributed by atoms with Crippen molar-refractivity contribution in [3.63, 3.8) is 0 Å². The second-order valence-electron chi connectivity index (χ2n) is 6.63. The molecule has 0 N–H and O–H groups in total. The molecule has 0 unspecified atom stereocenters. The molecule has 2 nitrogen and oxygen atoms in total. The van der Waals surface area contributed by atoms with Crippen molar-refractivity contribution in [2.75, 3.05) is 6.61 Å². The van der Waals surface area contributed by atoms with Gasteiger partial charge in [-0.3, -0.25) is 0 Å². The van der Waals surface area contributed by atoms with E-state index in [0.717, 1.165) is 43.6 Å². The summed E-state index contributed by atoms with van der Waals surface area (Å²) in [5.41, 5.74) is 0. The van der Waals surface area contributed by atoms with E-state index in [0.29, 0.717) is 5.92 Å². The third-order valence-electron chi connectivity index (χ3n) is 5.27. The number of nitriles is 1. The average molecular weight is 275 g/mol. The van der Waals surface area contributed by atoms with Gasteiger partial charge in [-0.05, 0) is 75.5 Å². The normalized spacial score (nSPS) is 34.8. The van der Waals surface area contributed by atoms with Gasteiger partial charge in [0.1, 0.15) is 0 Å². The van der Waals surface area contributed by atoms with E-state index < -0.39 is 0 Å². The van der Waals surface area contributed by atoms with E-state index in [1.54, 1.807) is 0 Å². The standard InChI is InChI=1S/C18H29NO/c1-2-3-12-20-14-16-6-10-18(11-7-16)17-8-4-15(13-19)5-9-17/h3,12,15-18H,2,4-11,14H2,1H3. The Labute approximate surface area is 124 Å². The highest BCUT2D eigenvalue weighted by atomic mass is 16.5. The van der Waals surface area contributed by atoms with Crippen LogP contribution in [-0.4, -0.2) is 6.61 Å². The molecule has 0 aromatic rings. The molecule has 2 fully saturated rings. The Bertz CT molecular complexity index is 328. The second kappa shape index (κ2) is 8.35. The van der Waals surface area contributed by atoms with Crippen molar-refractivity contribution in [1.29, 1.82) is 5.26 Å². The van der Waals surface area contributed by atoms with Gasteiger partial charge in [0.2, 0.25) is 0 Å². The Kier molecular flexibility index (Phi) is 6.43. The van der Waals surface area contributed by atoms with Crippen LogP contribution in [0.4, 0.5) is 0 Å². The van der Waals surface area contributed by atoms with Gasteiger partial charge in [-0.1, -0.05) is 13.0 Å². The fourth-order valence-corrected chi connectivity index (χ4v) is 3.90. The minimum Gasteiger partial charge on any atom is -0.501 e. The van der Waals surface area contributed by atoms with Gasteiger partial charge in [0.25, 0.3) is 0 Å². The molecule has 0 saturated heterocycles. The molecule has 0 aromatic carbocycles. The molecule has 0 radical (unpaired) electrons. The molecule has 0 aromatic heterocycles. The van der Waals surface area contributed by atoms with Crippen molar-refractivity contribution >= 4 is 0 Å². The Morgan fingerprint density at radius 2 is 1.60 bits per heavy atom. The molecule has 2 aliphatic rings. The summed E-state index contributed by atoms with van der Waals surface area (Å²) in [7, 11) is 0. The minimum absolute atomic E-state index is 0.348. The SMILES string of the molecule is CCC=COCC1CCC(C2CCC(C#N)CC2)CC1. The summed E-state index contributed by atoms with van der Waals surface area (Å²) in [6.45, 7) is 3.04. The Morgan fingerprint density at radius 3 is 2.15 bits per heavy atom. The molecule has 2 aliphatic carbocycles. The van der Waals surface area contributed by atoms with Crippen molar-refractivity contribution in [1.82, 2.24) is 0 Å². The molecule has 0 atom stereocenters. The fourth-order valence-electron chi connectivity index (χ4n) is 3.90. The number of hydrogen-bond donors (Lipinski definition) is 0. The van der Waals surface area contributed by atoms with Gasteiger partial charge in [0.05, 0.1) is 18.9 Å². The minimum atomic E-state index is 0.348. The van der Waals surface area contributed by atoms with Crippen LogP contribution >= 0.6 is 0 Å². The zero-order chi connectivity index (χ0) is 14.2. The van der Waals surface area contributed by atoms with E-state index in [2.05, 4.69) is 19.1 Å². The van der Waals surface area contributed by atoms with E-state index in [4.69, 9.17) is 10.00 Å². The average Bonchev–Trinajstić information content (AvgIpc) is 2.52. The van der Waals surface area contributed by atoms with E-state index in [9.17, 15) is 0 Å². The van der Waals surface area contributed by atoms with E-state index in [1.165, 1.54) is 38.5 Å². The lowest BCUT2D eigenvalue weighted by Gasteiger charge is -2.36. The number of ether oxygens (including phenoxy) is 1. The Hall–Kier alpha value is -0.970. The van der Waals surface area contributed by atoms with Crippen molar-refractivity contribution in [2.24, 2.45) is 23.7 Å². The van der Waals surface area contributed by atoms with Crippen LogP contribution in [0.25, 0.3) is 0 Å². The van der Waals surface area contributed by atoms with Gasteiger partial charge in [-0.15, -0.1) is 0 Å². The Balaban J connectivity index is 1.64. The molecule has 2 heteroatoms. The highest BCUT2D eigenvalue weighted by Crippen LogP contribution is 2.41. The van der Waals surface area contributed by atoms with Crippen molar-refractivity contribution in [3.05, 3.63) is 12.3 Å². The molecule has 0 spiro atoms. The molecule has 0 bridgehead atoms. The summed E-state index contributed by atoms with van der Waals surface area (Å²) in [6.07, 6.45) is 15.3. The molecule has 112 valence electrons. The second-order valence-corrected chi connectivity index (χ2v) is 6.63.